The van der Waals surface area contributed by atoms with Crippen molar-refractivity contribution in [1.82, 2.24) is 15.1 Å². The van der Waals surface area contributed by atoms with Crippen molar-refractivity contribution in [2.45, 2.75) is 44.8 Å². The van der Waals surface area contributed by atoms with Crippen LogP contribution in [0, 0.1) is 30.5 Å². The SMILES string of the molecule is Cc1ccc(F)cc1-c1cc(C(F)(F)F)c(N[C@@H]2C[C@@H]3CN(CC4CCCOC4)C[C@@H]3C2)nn1. The topological polar surface area (TPSA) is 50.3 Å². The van der Waals surface area contributed by atoms with Crippen molar-refractivity contribution < 1.29 is 22.3 Å². The van der Waals surface area contributed by atoms with Crippen molar-refractivity contribution in [3.05, 3.63) is 41.2 Å². The van der Waals surface area contributed by atoms with Gasteiger partial charge in [-0.25, -0.2) is 4.39 Å². The first-order valence-corrected chi connectivity index (χ1v) is 12.0. The molecule has 0 radical (unpaired) electrons. The van der Waals surface area contributed by atoms with Gasteiger partial charge < -0.3 is 15.0 Å². The number of nitrogens with one attached hydrogen (secondary N) is 1. The molecule has 2 saturated heterocycles. The summed E-state index contributed by atoms with van der Waals surface area (Å²) in [6.07, 6.45) is -0.614. The van der Waals surface area contributed by atoms with Gasteiger partial charge in [0.1, 0.15) is 11.4 Å². The fourth-order valence-electron chi connectivity index (χ4n) is 5.89. The predicted molar refractivity (Wildman–Crippen MR) is 121 cm³/mol. The van der Waals surface area contributed by atoms with Crippen LogP contribution in [0.25, 0.3) is 11.3 Å². The highest BCUT2D eigenvalue weighted by Gasteiger charge is 2.43. The lowest BCUT2D eigenvalue weighted by atomic mass is 10.0. The van der Waals surface area contributed by atoms with Gasteiger partial charge in [-0.05, 0) is 74.1 Å². The summed E-state index contributed by atoms with van der Waals surface area (Å²) in [6.45, 7) is 6.44. The van der Waals surface area contributed by atoms with Crippen molar-refractivity contribution in [2.24, 2.45) is 17.8 Å². The minimum absolute atomic E-state index is 0.0144. The number of ether oxygens (including phenoxy) is 1. The molecule has 3 fully saturated rings. The van der Waals surface area contributed by atoms with Gasteiger partial charge in [0.15, 0.2) is 5.82 Å². The Bertz CT molecular complexity index is 1010. The normalized spacial score (nSPS) is 27.7. The maximum Gasteiger partial charge on any atom is 0.420 e. The molecule has 2 aromatic rings. The van der Waals surface area contributed by atoms with E-state index in [1.807, 2.05) is 0 Å². The number of anilines is 1. The second-order valence-corrected chi connectivity index (χ2v) is 10.1. The van der Waals surface area contributed by atoms with E-state index in [1.165, 1.54) is 24.6 Å². The Balaban J connectivity index is 1.26. The molecule has 3 aliphatic rings. The second kappa shape index (κ2) is 9.41. The van der Waals surface area contributed by atoms with Crippen molar-refractivity contribution in [1.29, 1.82) is 0 Å². The first-order chi connectivity index (χ1) is 16.3. The van der Waals surface area contributed by atoms with Crippen LogP contribution in [0.4, 0.5) is 23.4 Å². The standard InChI is InChI=1S/C25H30F4N4O/c1-15-4-5-19(26)9-21(15)23-10-22(25(27,28)29)24(32-31-23)30-20-7-17-12-33(13-18(17)8-20)11-16-3-2-6-34-14-16/h4-5,9-10,16-18,20H,2-3,6-8,11-14H2,1H3,(H,30,32)/t16?,17-,18+,20-. The molecule has 34 heavy (non-hydrogen) atoms. The summed E-state index contributed by atoms with van der Waals surface area (Å²) >= 11 is 0. The van der Waals surface area contributed by atoms with E-state index in [0.717, 1.165) is 58.2 Å². The summed E-state index contributed by atoms with van der Waals surface area (Å²) in [5.41, 5.74) is 0.0959. The fourth-order valence-corrected chi connectivity index (χ4v) is 5.89. The zero-order chi connectivity index (χ0) is 23.9. The molecule has 2 aliphatic heterocycles. The first-order valence-electron chi connectivity index (χ1n) is 12.0. The smallest absolute Gasteiger partial charge is 0.381 e. The Kier molecular flexibility index (Phi) is 6.50. The monoisotopic (exact) mass is 478 g/mol. The van der Waals surface area contributed by atoms with Gasteiger partial charge in [0.25, 0.3) is 0 Å². The van der Waals surface area contributed by atoms with Crippen LogP contribution in [-0.4, -0.2) is 54.0 Å². The van der Waals surface area contributed by atoms with Gasteiger partial charge in [0, 0.05) is 37.8 Å². The largest absolute Gasteiger partial charge is 0.420 e. The predicted octanol–water partition coefficient (Wildman–Crippen LogP) is 5.16. The van der Waals surface area contributed by atoms with Crippen molar-refractivity contribution in [2.75, 3.05) is 38.2 Å². The highest BCUT2D eigenvalue weighted by atomic mass is 19.4. The van der Waals surface area contributed by atoms with Gasteiger partial charge in [-0.1, -0.05) is 6.07 Å². The molecule has 1 aromatic carbocycles. The quantitative estimate of drug-likeness (QED) is 0.602. The molecule has 3 heterocycles. The minimum Gasteiger partial charge on any atom is -0.381 e. The molecule has 0 bridgehead atoms. The van der Waals surface area contributed by atoms with E-state index in [-0.39, 0.29) is 17.6 Å². The summed E-state index contributed by atoms with van der Waals surface area (Å²) in [5.74, 6) is 0.788. The third-order valence-electron chi connectivity index (χ3n) is 7.51. The Morgan fingerprint density at radius 2 is 1.88 bits per heavy atom. The highest BCUT2D eigenvalue weighted by Crippen LogP contribution is 2.42. The number of likely N-dealkylation sites (tertiary alicyclic amines) is 1. The van der Waals surface area contributed by atoms with E-state index >= 15 is 0 Å². The summed E-state index contributed by atoms with van der Waals surface area (Å²) in [4.78, 5) is 2.50. The van der Waals surface area contributed by atoms with Gasteiger partial charge in [0.05, 0.1) is 12.3 Å². The summed E-state index contributed by atoms with van der Waals surface area (Å²) in [7, 11) is 0. The average molecular weight is 479 g/mol. The summed E-state index contributed by atoms with van der Waals surface area (Å²) in [6, 6.07) is 4.89. The first kappa shape index (κ1) is 23.5. The van der Waals surface area contributed by atoms with E-state index in [0.29, 0.717) is 28.9 Å². The number of halogens is 4. The van der Waals surface area contributed by atoms with E-state index in [1.54, 1.807) is 6.92 Å². The third-order valence-corrected chi connectivity index (χ3v) is 7.51. The van der Waals surface area contributed by atoms with Crippen molar-refractivity contribution in [3.63, 3.8) is 0 Å². The number of hydrogen-bond donors (Lipinski definition) is 1. The number of benzene rings is 1. The number of rotatable bonds is 5. The highest BCUT2D eigenvalue weighted by molar-refractivity contribution is 5.65. The molecular weight excluding hydrogens is 448 g/mol. The number of aromatic nitrogens is 2. The van der Waals surface area contributed by atoms with E-state index < -0.39 is 17.6 Å². The van der Waals surface area contributed by atoms with E-state index in [4.69, 9.17) is 4.74 Å². The Morgan fingerprint density at radius 3 is 2.56 bits per heavy atom. The molecule has 1 aliphatic carbocycles. The minimum atomic E-state index is -4.60. The molecule has 4 atom stereocenters. The maximum absolute atomic E-state index is 13.9. The summed E-state index contributed by atoms with van der Waals surface area (Å²) < 4.78 is 61.0. The lowest BCUT2D eigenvalue weighted by Gasteiger charge is -2.28. The van der Waals surface area contributed by atoms with Crippen LogP contribution < -0.4 is 5.32 Å². The van der Waals surface area contributed by atoms with Crippen LogP contribution in [0.15, 0.2) is 24.3 Å². The Labute approximate surface area is 196 Å². The number of alkyl halides is 3. The van der Waals surface area contributed by atoms with Crippen LogP contribution in [0.3, 0.4) is 0 Å². The molecule has 1 unspecified atom stereocenters. The van der Waals surface area contributed by atoms with Crippen molar-refractivity contribution >= 4 is 5.82 Å². The zero-order valence-electron chi connectivity index (χ0n) is 19.2. The molecule has 5 nitrogen and oxygen atoms in total. The molecule has 0 amide bonds. The molecular formula is C25H30F4N4O. The van der Waals surface area contributed by atoms with Crippen LogP contribution in [0.2, 0.25) is 0 Å². The van der Waals surface area contributed by atoms with Crippen molar-refractivity contribution in [3.8, 4) is 11.3 Å². The van der Waals surface area contributed by atoms with Crippen LogP contribution in [0.1, 0.15) is 36.8 Å². The number of nitrogens with zero attached hydrogens (tertiary/aromatic N) is 3. The van der Waals surface area contributed by atoms with E-state index in [9.17, 15) is 17.6 Å². The lowest BCUT2D eigenvalue weighted by molar-refractivity contribution is -0.137. The van der Waals surface area contributed by atoms with Crippen LogP contribution in [-0.2, 0) is 10.9 Å². The van der Waals surface area contributed by atoms with E-state index in [2.05, 4.69) is 20.4 Å². The number of aryl methyl sites for hydroxylation is 1. The molecule has 184 valence electrons. The molecule has 5 rings (SSSR count). The maximum atomic E-state index is 13.9. The summed E-state index contributed by atoms with van der Waals surface area (Å²) in [5, 5.41) is 11.0. The molecule has 9 heteroatoms. The molecule has 1 aromatic heterocycles. The van der Waals surface area contributed by atoms with Crippen LogP contribution >= 0.6 is 0 Å². The molecule has 0 spiro atoms. The second-order valence-electron chi connectivity index (χ2n) is 10.1. The molecule has 1 saturated carbocycles. The van der Waals surface area contributed by atoms with Gasteiger partial charge in [-0.3, -0.25) is 0 Å². The van der Waals surface area contributed by atoms with Gasteiger partial charge >= 0.3 is 6.18 Å². The van der Waals surface area contributed by atoms with Gasteiger partial charge in [-0.15, -0.1) is 10.2 Å². The third kappa shape index (κ3) is 5.05. The van der Waals surface area contributed by atoms with Crippen LogP contribution in [0.5, 0.6) is 0 Å². The van der Waals surface area contributed by atoms with Gasteiger partial charge in [0.2, 0.25) is 0 Å². The fraction of sp³-hybridized carbons (Fsp3) is 0.600. The average Bonchev–Trinajstić information content (AvgIpc) is 3.33. The zero-order valence-corrected chi connectivity index (χ0v) is 19.2. The van der Waals surface area contributed by atoms with Gasteiger partial charge in [-0.2, -0.15) is 13.2 Å². The number of hydrogen-bond acceptors (Lipinski definition) is 5. The Hall–Kier alpha value is -2.26. The molecule has 1 N–H and O–H groups in total. The Morgan fingerprint density at radius 1 is 1.12 bits per heavy atom. The number of fused-ring (bicyclic) bond motifs is 1. The lowest BCUT2D eigenvalue weighted by Crippen LogP contribution is -2.33.